The van der Waals surface area contributed by atoms with Crippen LogP contribution in [0, 0.1) is 6.92 Å². The second-order valence-electron chi connectivity index (χ2n) is 3.64. The Bertz CT molecular complexity index is 410. The van der Waals surface area contributed by atoms with Gasteiger partial charge in [0.05, 0.1) is 6.54 Å². The van der Waals surface area contributed by atoms with Gasteiger partial charge in [0.15, 0.2) is 0 Å². The fourth-order valence-corrected chi connectivity index (χ4v) is 1.22. The van der Waals surface area contributed by atoms with Crippen LogP contribution in [0.5, 0.6) is 0 Å². The summed E-state index contributed by atoms with van der Waals surface area (Å²) in [6, 6.07) is 7.16. The molecule has 0 aliphatic heterocycles. The minimum Gasteiger partial charge on any atom is -0.351 e. The summed E-state index contributed by atoms with van der Waals surface area (Å²) in [4.78, 5) is 22.8. The van der Waals surface area contributed by atoms with Gasteiger partial charge in [0.1, 0.15) is 0 Å². The fourth-order valence-electron chi connectivity index (χ4n) is 1.22. The first-order valence-electron chi connectivity index (χ1n) is 5.36. The van der Waals surface area contributed by atoms with E-state index in [1.165, 1.54) is 0 Å². The van der Waals surface area contributed by atoms with Gasteiger partial charge >= 0.3 is 0 Å². The van der Waals surface area contributed by atoms with Crippen LogP contribution < -0.4 is 10.6 Å². The molecule has 4 nitrogen and oxygen atoms in total. The maximum Gasteiger partial charge on any atom is 0.251 e. The average molecular weight is 232 g/mol. The second-order valence-corrected chi connectivity index (χ2v) is 3.64. The van der Waals surface area contributed by atoms with Gasteiger partial charge in [-0.2, -0.15) is 0 Å². The van der Waals surface area contributed by atoms with E-state index in [-0.39, 0.29) is 18.4 Å². The Labute approximate surface area is 101 Å². The van der Waals surface area contributed by atoms with E-state index < -0.39 is 0 Å². The molecule has 2 N–H and O–H groups in total. The Balaban J connectivity index is 2.42. The summed E-state index contributed by atoms with van der Waals surface area (Å²) < 4.78 is 0. The van der Waals surface area contributed by atoms with E-state index >= 15 is 0 Å². The summed E-state index contributed by atoms with van der Waals surface area (Å²) in [6.45, 7) is 5.81. The molecule has 0 aliphatic carbocycles. The van der Waals surface area contributed by atoms with Crippen LogP contribution >= 0.6 is 0 Å². The average Bonchev–Trinajstić information content (AvgIpc) is 2.34. The van der Waals surface area contributed by atoms with Crippen molar-refractivity contribution in [1.29, 1.82) is 0 Å². The summed E-state index contributed by atoms with van der Waals surface area (Å²) >= 11 is 0. The largest absolute Gasteiger partial charge is 0.351 e. The molecule has 17 heavy (non-hydrogen) atoms. The molecule has 1 aromatic rings. The highest BCUT2D eigenvalue weighted by atomic mass is 16.2. The number of hydrogen-bond donors (Lipinski definition) is 2. The molecular formula is C13H16N2O2. The van der Waals surface area contributed by atoms with Crippen LogP contribution in [0.1, 0.15) is 15.9 Å². The van der Waals surface area contributed by atoms with E-state index in [0.717, 1.165) is 5.56 Å². The van der Waals surface area contributed by atoms with E-state index in [9.17, 15) is 9.59 Å². The summed E-state index contributed by atoms with van der Waals surface area (Å²) in [6.07, 6.45) is 1.58. The molecule has 1 aromatic carbocycles. The third kappa shape index (κ3) is 4.51. The molecule has 90 valence electrons. The van der Waals surface area contributed by atoms with Crippen molar-refractivity contribution in [2.24, 2.45) is 0 Å². The smallest absolute Gasteiger partial charge is 0.251 e. The van der Waals surface area contributed by atoms with Gasteiger partial charge in [0.25, 0.3) is 5.91 Å². The highest BCUT2D eigenvalue weighted by Crippen LogP contribution is 2.02. The molecule has 0 radical (unpaired) electrons. The molecule has 4 heteroatoms. The Morgan fingerprint density at radius 2 is 1.88 bits per heavy atom. The van der Waals surface area contributed by atoms with Gasteiger partial charge in [-0.05, 0) is 19.1 Å². The van der Waals surface area contributed by atoms with Crippen LogP contribution in [0.15, 0.2) is 36.9 Å². The molecule has 0 unspecified atom stereocenters. The highest BCUT2D eigenvalue weighted by molar-refractivity contribution is 5.96. The predicted octanol–water partition coefficient (Wildman–Crippen LogP) is 1.03. The lowest BCUT2D eigenvalue weighted by Gasteiger charge is -2.05. The first-order chi connectivity index (χ1) is 8.13. The molecule has 0 aliphatic rings. The Kier molecular flexibility index (Phi) is 4.94. The molecule has 0 bridgehead atoms. The Morgan fingerprint density at radius 3 is 2.47 bits per heavy atom. The van der Waals surface area contributed by atoms with Crippen molar-refractivity contribution in [3.63, 3.8) is 0 Å². The van der Waals surface area contributed by atoms with Gasteiger partial charge in [0.2, 0.25) is 5.91 Å². The van der Waals surface area contributed by atoms with Crippen molar-refractivity contribution in [3.8, 4) is 0 Å². The maximum absolute atomic E-state index is 11.6. The monoisotopic (exact) mass is 232 g/mol. The number of nitrogens with one attached hydrogen (secondary N) is 2. The van der Waals surface area contributed by atoms with Gasteiger partial charge in [-0.1, -0.05) is 23.8 Å². The number of hydrogen-bond acceptors (Lipinski definition) is 2. The molecule has 1 rings (SSSR count). The zero-order valence-electron chi connectivity index (χ0n) is 9.82. The number of rotatable bonds is 5. The minimum atomic E-state index is -0.251. The van der Waals surface area contributed by atoms with Crippen molar-refractivity contribution in [2.45, 2.75) is 6.92 Å². The van der Waals surface area contributed by atoms with Crippen molar-refractivity contribution < 1.29 is 9.59 Å². The van der Waals surface area contributed by atoms with Gasteiger partial charge < -0.3 is 10.6 Å². The lowest BCUT2D eigenvalue weighted by atomic mass is 10.1. The molecule has 2 amide bonds. The van der Waals surface area contributed by atoms with Crippen molar-refractivity contribution >= 4 is 11.8 Å². The van der Waals surface area contributed by atoms with Crippen LogP contribution in [0.2, 0.25) is 0 Å². The van der Waals surface area contributed by atoms with Crippen LogP contribution in [-0.4, -0.2) is 24.9 Å². The van der Waals surface area contributed by atoms with Crippen LogP contribution in [0.25, 0.3) is 0 Å². The van der Waals surface area contributed by atoms with E-state index in [1.54, 1.807) is 18.2 Å². The third-order valence-electron chi connectivity index (χ3n) is 2.17. The van der Waals surface area contributed by atoms with Gasteiger partial charge in [-0.3, -0.25) is 9.59 Å². The first-order valence-corrected chi connectivity index (χ1v) is 5.36. The summed E-state index contributed by atoms with van der Waals surface area (Å²) in [5.41, 5.74) is 1.64. The number of aryl methyl sites for hydroxylation is 1. The molecule has 0 aromatic heterocycles. The van der Waals surface area contributed by atoms with E-state index in [0.29, 0.717) is 12.1 Å². The van der Waals surface area contributed by atoms with Crippen molar-refractivity contribution in [2.75, 3.05) is 13.1 Å². The Hall–Kier alpha value is -2.10. The van der Waals surface area contributed by atoms with E-state index in [4.69, 9.17) is 0 Å². The van der Waals surface area contributed by atoms with Crippen LogP contribution in [0.4, 0.5) is 0 Å². The SMILES string of the molecule is C=CCNC(=O)CNC(=O)c1ccc(C)cc1. The molecular weight excluding hydrogens is 216 g/mol. The molecule has 0 heterocycles. The maximum atomic E-state index is 11.6. The standard InChI is InChI=1S/C13H16N2O2/c1-3-8-14-12(16)9-15-13(17)11-6-4-10(2)5-7-11/h3-7H,1,8-9H2,2H3,(H,14,16)(H,15,17). The van der Waals surface area contributed by atoms with Gasteiger partial charge in [-0.25, -0.2) is 0 Å². The molecule has 0 saturated carbocycles. The van der Waals surface area contributed by atoms with Crippen molar-refractivity contribution in [1.82, 2.24) is 10.6 Å². The quantitative estimate of drug-likeness (QED) is 0.745. The van der Waals surface area contributed by atoms with Crippen LogP contribution in [-0.2, 0) is 4.79 Å². The van der Waals surface area contributed by atoms with E-state index in [2.05, 4.69) is 17.2 Å². The zero-order chi connectivity index (χ0) is 12.7. The number of amides is 2. The molecule has 0 saturated heterocycles. The Morgan fingerprint density at radius 1 is 1.24 bits per heavy atom. The summed E-state index contributed by atoms with van der Waals surface area (Å²) in [5, 5.41) is 5.12. The van der Waals surface area contributed by atoms with E-state index in [1.807, 2.05) is 19.1 Å². The molecule has 0 spiro atoms. The van der Waals surface area contributed by atoms with Crippen LogP contribution in [0.3, 0.4) is 0 Å². The summed E-state index contributed by atoms with van der Waals surface area (Å²) in [7, 11) is 0. The zero-order valence-corrected chi connectivity index (χ0v) is 9.82. The number of benzene rings is 1. The number of carbonyl (C=O) groups excluding carboxylic acids is 2. The molecule has 0 atom stereocenters. The lowest BCUT2D eigenvalue weighted by molar-refractivity contribution is -0.119. The first kappa shape index (κ1) is 13.0. The highest BCUT2D eigenvalue weighted by Gasteiger charge is 2.06. The minimum absolute atomic E-state index is 0.0272. The topological polar surface area (TPSA) is 58.2 Å². The fraction of sp³-hybridized carbons (Fsp3) is 0.231. The van der Waals surface area contributed by atoms with Crippen molar-refractivity contribution in [3.05, 3.63) is 48.0 Å². The predicted molar refractivity (Wildman–Crippen MR) is 66.7 cm³/mol. The summed E-state index contributed by atoms with van der Waals surface area (Å²) in [5.74, 6) is -0.482. The van der Waals surface area contributed by atoms with Gasteiger partial charge in [0, 0.05) is 12.1 Å². The number of carbonyl (C=O) groups is 2. The third-order valence-corrected chi connectivity index (χ3v) is 2.17. The second kappa shape index (κ2) is 6.48. The lowest BCUT2D eigenvalue weighted by Crippen LogP contribution is -2.36. The van der Waals surface area contributed by atoms with Gasteiger partial charge in [-0.15, -0.1) is 6.58 Å². The molecule has 0 fully saturated rings. The normalized spacial score (nSPS) is 9.47.